The van der Waals surface area contributed by atoms with Crippen LogP contribution < -0.4 is 10.6 Å². The summed E-state index contributed by atoms with van der Waals surface area (Å²) in [7, 11) is 0. The van der Waals surface area contributed by atoms with Crippen molar-refractivity contribution in [2.75, 3.05) is 5.32 Å². The lowest BCUT2D eigenvalue weighted by Gasteiger charge is -2.56. The van der Waals surface area contributed by atoms with Crippen molar-refractivity contribution in [2.45, 2.75) is 68.7 Å². The monoisotopic (exact) mass is 445 g/mol. The molecule has 9 heteroatoms. The number of aromatic nitrogens is 3. The van der Waals surface area contributed by atoms with Crippen LogP contribution in [0.1, 0.15) is 73.0 Å². The molecule has 1 aliphatic heterocycles. The van der Waals surface area contributed by atoms with Crippen molar-refractivity contribution in [2.24, 2.45) is 17.8 Å². The highest BCUT2D eigenvalue weighted by atomic mass is 19.4. The molecule has 4 saturated carbocycles. The van der Waals surface area contributed by atoms with Crippen LogP contribution in [0.4, 0.5) is 19.0 Å². The lowest BCUT2D eigenvalue weighted by atomic mass is 9.53. The second kappa shape index (κ2) is 6.96. The Morgan fingerprint density at radius 1 is 1.09 bits per heavy atom. The van der Waals surface area contributed by atoms with Gasteiger partial charge < -0.3 is 10.6 Å². The number of halogens is 3. The maximum atomic E-state index is 13.9. The molecule has 7 rings (SSSR count). The van der Waals surface area contributed by atoms with Crippen molar-refractivity contribution in [1.82, 2.24) is 20.1 Å². The summed E-state index contributed by atoms with van der Waals surface area (Å²) in [5, 5.41) is 10.4. The summed E-state index contributed by atoms with van der Waals surface area (Å²) < 4.78 is 42.6. The summed E-state index contributed by atoms with van der Waals surface area (Å²) in [4.78, 5) is 17.4. The summed E-state index contributed by atoms with van der Waals surface area (Å²) in [6, 6.07) is 1.04. The van der Waals surface area contributed by atoms with E-state index in [0.29, 0.717) is 23.3 Å². The molecule has 2 atom stereocenters. The third kappa shape index (κ3) is 3.28. The molecule has 4 bridgehead atoms. The number of nitrogens with zero attached hydrogens (tertiary/aromatic N) is 3. The topological polar surface area (TPSA) is 71.8 Å². The molecule has 0 saturated heterocycles. The summed E-state index contributed by atoms with van der Waals surface area (Å²) in [5.41, 5.74) is 0.617. The van der Waals surface area contributed by atoms with Crippen molar-refractivity contribution in [1.29, 1.82) is 0 Å². The summed E-state index contributed by atoms with van der Waals surface area (Å²) in [5.74, 6) is 1.78. The van der Waals surface area contributed by atoms with Gasteiger partial charge in [0.1, 0.15) is 11.4 Å². The molecule has 2 unspecified atom stereocenters. The van der Waals surface area contributed by atoms with Crippen LogP contribution in [0.3, 0.4) is 0 Å². The van der Waals surface area contributed by atoms with E-state index in [2.05, 4.69) is 20.7 Å². The van der Waals surface area contributed by atoms with Crippen LogP contribution in [0, 0.1) is 17.8 Å². The van der Waals surface area contributed by atoms with E-state index >= 15 is 0 Å². The number of alkyl halides is 3. The van der Waals surface area contributed by atoms with E-state index < -0.39 is 18.3 Å². The Morgan fingerprint density at radius 3 is 2.38 bits per heavy atom. The minimum absolute atomic E-state index is 0.134. The Labute approximate surface area is 184 Å². The molecule has 0 radical (unpaired) electrons. The normalized spacial score (nSPS) is 35.3. The van der Waals surface area contributed by atoms with E-state index in [1.807, 2.05) is 0 Å². The van der Waals surface area contributed by atoms with Crippen molar-refractivity contribution in [3.63, 3.8) is 0 Å². The molecule has 3 heterocycles. The molecule has 2 N–H and O–H groups in total. The molecule has 2 aromatic rings. The van der Waals surface area contributed by atoms with Crippen molar-refractivity contribution in [3.8, 4) is 0 Å². The van der Waals surface area contributed by atoms with Crippen LogP contribution in [0.5, 0.6) is 0 Å². The predicted octanol–water partition coefficient (Wildman–Crippen LogP) is 4.64. The van der Waals surface area contributed by atoms with Crippen LogP contribution in [0.25, 0.3) is 0 Å². The third-order valence-corrected chi connectivity index (χ3v) is 7.99. The maximum Gasteiger partial charge on any atom is 0.410 e. The Kier molecular flexibility index (Phi) is 4.36. The molecule has 4 aliphatic carbocycles. The predicted molar refractivity (Wildman–Crippen MR) is 111 cm³/mol. The number of rotatable bonds is 3. The summed E-state index contributed by atoms with van der Waals surface area (Å²) >= 11 is 0. The average Bonchev–Trinajstić information content (AvgIpc) is 3.15. The summed E-state index contributed by atoms with van der Waals surface area (Å²) in [6.07, 6.45) is 6.43. The molecular weight excluding hydrogens is 419 g/mol. The van der Waals surface area contributed by atoms with Gasteiger partial charge in [0.25, 0.3) is 5.91 Å². The fraction of sp³-hybridized carbons (Fsp3) is 0.609. The first kappa shape index (κ1) is 20.1. The maximum absolute atomic E-state index is 13.9. The Balaban J connectivity index is 1.31. The first-order valence-corrected chi connectivity index (χ1v) is 11.4. The van der Waals surface area contributed by atoms with Gasteiger partial charge >= 0.3 is 6.18 Å². The van der Waals surface area contributed by atoms with E-state index in [0.717, 1.165) is 23.9 Å². The van der Waals surface area contributed by atoms with Crippen LogP contribution in [-0.4, -0.2) is 32.4 Å². The molecule has 170 valence electrons. The Morgan fingerprint density at radius 2 is 1.78 bits per heavy atom. The van der Waals surface area contributed by atoms with E-state index in [1.165, 1.54) is 25.5 Å². The molecule has 32 heavy (non-hydrogen) atoms. The number of anilines is 1. The number of carbonyl (C=O) groups excluding carboxylic acids is 1. The zero-order valence-corrected chi connectivity index (χ0v) is 17.6. The van der Waals surface area contributed by atoms with Gasteiger partial charge in [-0.15, -0.1) is 0 Å². The van der Waals surface area contributed by atoms with Gasteiger partial charge in [-0.1, -0.05) is 6.07 Å². The highest BCUT2D eigenvalue weighted by molar-refractivity contribution is 5.99. The second-order valence-corrected chi connectivity index (χ2v) is 10.3. The van der Waals surface area contributed by atoms with E-state index in [-0.39, 0.29) is 29.2 Å². The van der Waals surface area contributed by atoms with Gasteiger partial charge in [-0.3, -0.25) is 9.78 Å². The average molecular weight is 445 g/mol. The molecule has 1 amide bonds. The Bertz CT molecular complexity index is 999. The fourth-order valence-electron chi connectivity index (χ4n) is 7.10. The largest absolute Gasteiger partial charge is 0.410 e. The number of carbonyl (C=O) groups is 1. The number of hydrogen-bond acceptors (Lipinski definition) is 4. The molecule has 5 aliphatic rings. The van der Waals surface area contributed by atoms with Gasteiger partial charge in [-0.2, -0.15) is 18.3 Å². The second-order valence-electron chi connectivity index (χ2n) is 10.3. The van der Waals surface area contributed by atoms with Crippen LogP contribution in [0.15, 0.2) is 30.7 Å². The minimum atomic E-state index is -4.48. The van der Waals surface area contributed by atoms with Gasteiger partial charge in [-0.05, 0) is 67.9 Å². The number of pyridine rings is 1. The highest BCUT2D eigenvalue weighted by Crippen LogP contribution is 2.55. The van der Waals surface area contributed by atoms with Gasteiger partial charge in [-0.25, -0.2) is 4.68 Å². The quantitative estimate of drug-likeness (QED) is 0.722. The smallest absolute Gasteiger partial charge is 0.363 e. The number of fused-ring (bicyclic) bond motifs is 1. The molecule has 6 nitrogen and oxygen atoms in total. The molecule has 2 aromatic heterocycles. The fourth-order valence-corrected chi connectivity index (χ4v) is 7.10. The van der Waals surface area contributed by atoms with Gasteiger partial charge in [0.15, 0.2) is 6.04 Å². The Hall–Kier alpha value is -2.58. The lowest BCUT2D eigenvalue weighted by Crippen LogP contribution is -2.59. The number of amides is 1. The first-order chi connectivity index (χ1) is 15.3. The minimum Gasteiger partial charge on any atom is -0.363 e. The van der Waals surface area contributed by atoms with E-state index in [4.69, 9.17) is 0 Å². The number of hydrogen-bond donors (Lipinski definition) is 2. The lowest BCUT2D eigenvalue weighted by molar-refractivity contribution is -0.173. The van der Waals surface area contributed by atoms with E-state index in [1.54, 1.807) is 24.5 Å². The molecular formula is C23H26F3N5O. The molecule has 0 spiro atoms. The van der Waals surface area contributed by atoms with Gasteiger partial charge in [0.2, 0.25) is 0 Å². The zero-order valence-electron chi connectivity index (χ0n) is 17.6. The third-order valence-electron chi connectivity index (χ3n) is 7.99. The van der Waals surface area contributed by atoms with Crippen LogP contribution in [0.2, 0.25) is 0 Å². The standard InChI is InChI=1S/C23H26F3N5O/c24-23(25,26)19-7-18(16-2-1-3-27-11-16)29-20-17(12-28-31(19)20)21(32)30-22-8-13-4-14(9-22)6-15(5-13)10-22/h1-3,11-15,18-19,29H,4-10H2,(H,30,32). The summed E-state index contributed by atoms with van der Waals surface area (Å²) in [6.45, 7) is 0. The van der Waals surface area contributed by atoms with Gasteiger partial charge in [0, 0.05) is 24.4 Å². The first-order valence-electron chi connectivity index (χ1n) is 11.4. The zero-order chi connectivity index (χ0) is 22.1. The van der Waals surface area contributed by atoms with Crippen molar-refractivity contribution < 1.29 is 18.0 Å². The molecule has 4 fully saturated rings. The van der Waals surface area contributed by atoms with Crippen LogP contribution >= 0.6 is 0 Å². The van der Waals surface area contributed by atoms with Gasteiger partial charge in [0.05, 0.1) is 12.2 Å². The SMILES string of the molecule is O=C(NC12CC3CC(CC(C3)C1)C2)c1cnn2c1NC(c1cccnc1)CC2C(F)(F)F. The number of nitrogens with one attached hydrogen (secondary N) is 2. The van der Waals surface area contributed by atoms with Crippen molar-refractivity contribution in [3.05, 3.63) is 41.9 Å². The molecule has 0 aromatic carbocycles. The van der Waals surface area contributed by atoms with Crippen LogP contribution in [-0.2, 0) is 0 Å². The van der Waals surface area contributed by atoms with E-state index in [9.17, 15) is 18.0 Å². The van der Waals surface area contributed by atoms with Crippen molar-refractivity contribution >= 4 is 11.7 Å². The highest BCUT2D eigenvalue weighted by Gasteiger charge is 2.52.